The molecule has 2 aromatic rings. The van der Waals surface area contributed by atoms with Crippen LogP contribution < -0.4 is 9.47 Å². The van der Waals surface area contributed by atoms with Gasteiger partial charge in [-0.05, 0) is 36.4 Å². The second-order valence-electron chi connectivity index (χ2n) is 3.41. The van der Waals surface area contributed by atoms with Crippen LogP contribution in [0.15, 0.2) is 42.6 Å². The maximum Gasteiger partial charge on any atom is 0.573 e. The molecule has 7 heteroatoms. The van der Waals surface area contributed by atoms with Gasteiger partial charge in [0.25, 0.3) is 0 Å². The first-order valence-corrected chi connectivity index (χ1v) is 5.46. The lowest BCUT2D eigenvalue weighted by atomic mass is 10.3. The number of pyridine rings is 1. The number of benzene rings is 1. The van der Waals surface area contributed by atoms with Crippen molar-refractivity contribution in [3.05, 3.63) is 47.6 Å². The highest BCUT2D eigenvalue weighted by Gasteiger charge is 2.30. The third kappa shape index (κ3) is 4.03. The van der Waals surface area contributed by atoms with E-state index in [-0.39, 0.29) is 11.6 Å². The number of aromatic nitrogens is 1. The molecule has 19 heavy (non-hydrogen) atoms. The standard InChI is InChI=1S/C12H7ClF3NO2/c13-10-2-1-7-17-11(10)18-8-3-5-9(6-4-8)19-12(14,15)16/h1-7H. The van der Waals surface area contributed by atoms with Crippen molar-refractivity contribution in [2.75, 3.05) is 0 Å². The fraction of sp³-hybridized carbons (Fsp3) is 0.0833. The first kappa shape index (κ1) is 13.5. The van der Waals surface area contributed by atoms with Crippen LogP contribution in [-0.2, 0) is 0 Å². The molecule has 3 nitrogen and oxygen atoms in total. The summed E-state index contributed by atoms with van der Waals surface area (Å²) < 4.78 is 44.9. The van der Waals surface area contributed by atoms with Crippen LogP contribution in [0, 0.1) is 0 Å². The summed E-state index contributed by atoms with van der Waals surface area (Å²) in [6, 6.07) is 8.15. The highest BCUT2D eigenvalue weighted by molar-refractivity contribution is 6.31. The van der Waals surface area contributed by atoms with E-state index in [0.717, 1.165) is 12.1 Å². The second kappa shape index (κ2) is 5.36. The Morgan fingerprint density at radius 1 is 1.00 bits per heavy atom. The van der Waals surface area contributed by atoms with Gasteiger partial charge < -0.3 is 9.47 Å². The van der Waals surface area contributed by atoms with Crippen LogP contribution in [0.25, 0.3) is 0 Å². The minimum atomic E-state index is -4.72. The molecule has 0 radical (unpaired) electrons. The quantitative estimate of drug-likeness (QED) is 0.838. The molecule has 1 aromatic heterocycles. The predicted molar refractivity (Wildman–Crippen MR) is 62.4 cm³/mol. The lowest BCUT2D eigenvalue weighted by molar-refractivity contribution is -0.274. The lowest BCUT2D eigenvalue weighted by Gasteiger charge is -2.10. The molecule has 0 unspecified atom stereocenters. The van der Waals surface area contributed by atoms with E-state index < -0.39 is 6.36 Å². The first-order valence-electron chi connectivity index (χ1n) is 5.08. The number of alkyl halides is 3. The highest BCUT2D eigenvalue weighted by atomic mass is 35.5. The minimum Gasteiger partial charge on any atom is -0.438 e. The van der Waals surface area contributed by atoms with Gasteiger partial charge in [0.2, 0.25) is 5.88 Å². The molecule has 0 saturated carbocycles. The molecule has 0 aliphatic rings. The molecule has 0 aliphatic carbocycles. The summed E-state index contributed by atoms with van der Waals surface area (Å²) >= 11 is 5.83. The largest absolute Gasteiger partial charge is 0.573 e. The average Bonchev–Trinajstić information content (AvgIpc) is 2.33. The van der Waals surface area contributed by atoms with Crippen molar-refractivity contribution in [2.24, 2.45) is 0 Å². The van der Waals surface area contributed by atoms with E-state index >= 15 is 0 Å². The molecule has 0 amide bonds. The molecule has 0 aliphatic heterocycles. The molecule has 0 spiro atoms. The maximum absolute atomic E-state index is 12.0. The molecule has 0 N–H and O–H groups in total. The molecule has 0 fully saturated rings. The first-order chi connectivity index (χ1) is 8.94. The van der Waals surface area contributed by atoms with E-state index in [4.69, 9.17) is 16.3 Å². The van der Waals surface area contributed by atoms with Crippen LogP contribution >= 0.6 is 11.6 Å². The summed E-state index contributed by atoms with van der Waals surface area (Å²) in [5.74, 6) is 0.149. The predicted octanol–water partition coefficient (Wildman–Crippen LogP) is 4.43. The van der Waals surface area contributed by atoms with Gasteiger partial charge in [-0.2, -0.15) is 0 Å². The van der Waals surface area contributed by atoms with Crippen LogP contribution in [0.2, 0.25) is 5.02 Å². The number of nitrogens with zero attached hydrogens (tertiary/aromatic N) is 1. The molecular formula is C12H7ClF3NO2. The Kier molecular flexibility index (Phi) is 3.80. The lowest BCUT2D eigenvalue weighted by Crippen LogP contribution is -2.16. The zero-order chi connectivity index (χ0) is 13.9. The summed E-state index contributed by atoms with van der Waals surface area (Å²) in [6.07, 6.45) is -3.23. The Morgan fingerprint density at radius 2 is 1.63 bits per heavy atom. The van der Waals surface area contributed by atoms with Crippen LogP contribution in [0.1, 0.15) is 0 Å². The smallest absolute Gasteiger partial charge is 0.438 e. The number of ether oxygens (including phenoxy) is 2. The number of rotatable bonds is 3. The minimum absolute atomic E-state index is 0.175. The van der Waals surface area contributed by atoms with Gasteiger partial charge in [0.1, 0.15) is 16.5 Å². The normalized spacial score (nSPS) is 11.2. The summed E-state index contributed by atoms with van der Waals surface area (Å²) in [5.41, 5.74) is 0. The summed E-state index contributed by atoms with van der Waals surface area (Å²) in [6.45, 7) is 0. The molecule has 0 saturated heterocycles. The van der Waals surface area contributed by atoms with Crippen molar-refractivity contribution < 1.29 is 22.6 Å². The zero-order valence-corrected chi connectivity index (χ0v) is 10.1. The third-order valence-corrected chi connectivity index (χ3v) is 2.28. The van der Waals surface area contributed by atoms with Crippen molar-refractivity contribution >= 4 is 11.6 Å². The van der Waals surface area contributed by atoms with Gasteiger partial charge >= 0.3 is 6.36 Å². The fourth-order valence-corrected chi connectivity index (χ4v) is 1.43. The summed E-state index contributed by atoms with van der Waals surface area (Å²) in [5, 5.41) is 0.304. The fourth-order valence-electron chi connectivity index (χ4n) is 1.27. The van der Waals surface area contributed by atoms with Crippen LogP contribution in [-0.4, -0.2) is 11.3 Å². The Morgan fingerprint density at radius 3 is 2.21 bits per heavy atom. The second-order valence-corrected chi connectivity index (χ2v) is 3.82. The van der Waals surface area contributed by atoms with Crippen LogP contribution in [0.3, 0.4) is 0 Å². The Hall–Kier alpha value is -1.95. The van der Waals surface area contributed by atoms with Gasteiger partial charge in [0.15, 0.2) is 0 Å². The molecule has 2 rings (SSSR count). The van der Waals surface area contributed by atoms with Gasteiger partial charge in [-0.25, -0.2) is 4.98 Å². The van der Waals surface area contributed by atoms with Gasteiger partial charge in [-0.1, -0.05) is 11.6 Å². The molecular weight excluding hydrogens is 283 g/mol. The SMILES string of the molecule is FC(F)(F)Oc1ccc(Oc2ncccc2Cl)cc1. The van der Waals surface area contributed by atoms with Crippen molar-refractivity contribution in [1.82, 2.24) is 4.98 Å². The number of hydrogen-bond acceptors (Lipinski definition) is 3. The number of halogens is 4. The van der Waals surface area contributed by atoms with Crippen LogP contribution in [0.5, 0.6) is 17.4 Å². The van der Waals surface area contributed by atoms with E-state index in [2.05, 4.69) is 9.72 Å². The van der Waals surface area contributed by atoms with Gasteiger partial charge in [0, 0.05) is 6.20 Å². The van der Waals surface area contributed by atoms with E-state index in [1.807, 2.05) is 0 Å². The van der Waals surface area contributed by atoms with Crippen molar-refractivity contribution in [3.8, 4) is 17.4 Å². The van der Waals surface area contributed by atoms with E-state index in [1.54, 1.807) is 12.1 Å². The topological polar surface area (TPSA) is 31.4 Å². The number of hydrogen-bond donors (Lipinski definition) is 0. The van der Waals surface area contributed by atoms with Crippen molar-refractivity contribution in [3.63, 3.8) is 0 Å². The third-order valence-electron chi connectivity index (χ3n) is 2.00. The zero-order valence-electron chi connectivity index (χ0n) is 9.32. The molecule has 100 valence electrons. The van der Waals surface area contributed by atoms with E-state index in [0.29, 0.717) is 10.8 Å². The summed E-state index contributed by atoms with van der Waals surface area (Å²) in [7, 11) is 0. The van der Waals surface area contributed by atoms with E-state index in [9.17, 15) is 13.2 Å². The van der Waals surface area contributed by atoms with Gasteiger partial charge in [0.05, 0.1) is 0 Å². The van der Waals surface area contributed by atoms with Gasteiger partial charge in [-0.3, -0.25) is 0 Å². The Bertz CT molecular complexity index is 558. The highest BCUT2D eigenvalue weighted by Crippen LogP contribution is 2.29. The van der Waals surface area contributed by atoms with Crippen LogP contribution in [0.4, 0.5) is 13.2 Å². The molecule has 0 bridgehead atoms. The van der Waals surface area contributed by atoms with Crippen molar-refractivity contribution in [1.29, 1.82) is 0 Å². The molecule has 1 heterocycles. The van der Waals surface area contributed by atoms with E-state index in [1.165, 1.54) is 18.3 Å². The average molecular weight is 290 g/mol. The molecule has 0 atom stereocenters. The Labute approximate surface area is 111 Å². The monoisotopic (exact) mass is 289 g/mol. The summed E-state index contributed by atoms with van der Waals surface area (Å²) in [4.78, 5) is 3.89. The molecule has 1 aromatic carbocycles. The van der Waals surface area contributed by atoms with Gasteiger partial charge in [-0.15, -0.1) is 13.2 Å². The Balaban J connectivity index is 2.09. The maximum atomic E-state index is 12.0. The van der Waals surface area contributed by atoms with Crippen molar-refractivity contribution in [2.45, 2.75) is 6.36 Å².